The molecule has 2 unspecified atom stereocenters. The monoisotopic (exact) mass is 175 g/mol. The van der Waals surface area contributed by atoms with Crippen molar-refractivity contribution in [3.8, 4) is 0 Å². The Morgan fingerprint density at radius 2 is 2.45 bits per heavy atom. The van der Waals surface area contributed by atoms with Crippen molar-refractivity contribution in [2.75, 3.05) is 0 Å². The van der Waals surface area contributed by atoms with Crippen LogP contribution in [0, 0.1) is 5.92 Å². The summed E-state index contributed by atoms with van der Waals surface area (Å²) < 4.78 is 33.4. The van der Waals surface area contributed by atoms with E-state index in [4.69, 9.17) is 0 Å². The molecule has 2 atom stereocenters. The molecule has 0 spiro atoms. The average Bonchev–Trinajstić information content (AvgIpc) is 1.94. The van der Waals surface area contributed by atoms with E-state index in [1.54, 1.807) is 6.92 Å². The van der Waals surface area contributed by atoms with Gasteiger partial charge in [-0.1, -0.05) is 6.92 Å². The lowest BCUT2D eigenvalue weighted by molar-refractivity contribution is 0.531. The minimum atomic E-state index is -2.27. The molecule has 0 aromatic carbocycles. The maximum atomic E-state index is 12.5. The van der Waals surface area contributed by atoms with Crippen LogP contribution in [0.15, 0.2) is 22.9 Å². The fraction of sp³-hybridized carbons (Fsp3) is 0.429. The van der Waals surface area contributed by atoms with E-state index < -0.39 is 16.9 Å². The lowest BCUT2D eigenvalue weighted by Crippen LogP contribution is -2.07. The second-order valence-electron chi connectivity index (χ2n) is 2.51. The highest BCUT2D eigenvalue weighted by molar-refractivity contribution is 7.83. The lowest BCUT2D eigenvalue weighted by atomic mass is 10.0. The van der Waals surface area contributed by atoms with Crippen molar-refractivity contribution in [3.63, 3.8) is 0 Å². The molecule has 1 aliphatic rings. The molecule has 1 aliphatic carbocycles. The van der Waals surface area contributed by atoms with Crippen LogP contribution in [0.4, 0.5) is 4.39 Å². The van der Waals surface area contributed by atoms with Crippen LogP contribution in [0.5, 0.6) is 0 Å². The van der Waals surface area contributed by atoms with Crippen molar-refractivity contribution < 1.29 is 13.2 Å². The summed E-state index contributed by atoms with van der Waals surface area (Å²) in [5.41, 5.74) is 0. The largest absolute Gasteiger partial charge is 0.769 e. The van der Waals surface area contributed by atoms with Crippen LogP contribution in [0.3, 0.4) is 0 Å². The Morgan fingerprint density at radius 1 is 1.82 bits per heavy atom. The molecule has 11 heavy (non-hydrogen) atoms. The predicted molar refractivity (Wildman–Crippen MR) is 40.0 cm³/mol. The third kappa shape index (κ3) is 1.97. The highest BCUT2D eigenvalue weighted by Crippen LogP contribution is 2.25. The SMILES string of the molecule is CC1CC=C(F)C=C1S(=O)[O-]. The Hall–Kier alpha value is -0.480. The van der Waals surface area contributed by atoms with Gasteiger partial charge >= 0.3 is 0 Å². The van der Waals surface area contributed by atoms with Crippen molar-refractivity contribution in [1.29, 1.82) is 0 Å². The van der Waals surface area contributed by atoms with E-state index >= 15 is 0 Å². The number of rotatable bonds is 1. The second-order valence-corrected chi connectivity index (χ2v) is 3.45. The van der Waals surface area contributed by atoms with Gasteiger partial charge in [0, 0.05) is 4.91 Å². The van der Waals surface area contributed by atoms with Gasteiger partial charge in [-0.2, -0.15) is 0 Å². The highest BCUT2D eigenvalue weighted by atomic mass is 32.2. The van der Waals surface area contributed by atoms with E-state index in [1.807, 2.05) is 0 Å². The van der Waals surface area contributed by atoms with Crippen LogP contribution >= 0.6 is 0 Å². The van der Waals surface area contributed by atoms with Crippen molar-refractivity contribution >= 4 is 11.1 Å². The number of halogens is 1. The van der Waals surface area contributed by atoms with Crippen LogP contribution in [-0.2, 0) is 11.1 Å². The Labute approximate surface area is 67.1 Å². The fourth-order valence-electron chi connectivity index (χ4n) is 0.955. The van der Waals surface area contributed by atoms with Crippen molar-refractivity contribution in [2.24, 2.45) is 5.92 Å². The standard InChI is InChI=1S/C7H9FO2S/c1-5-2-3-6(8)4-7(5)11(9)10/h3-5H,2H2,1H3,(H,9,10)/p-1. The lowest BCUT2D eigenvalue weighted by Gasteiger charge is -2.19. The van der Waals surface area contributed by atoms with Crippen molar-refractivity contribution in [3.05, 3.63) is 22.9 Å². The quantitative estimate of drug-likeness (QED) is 0.568. The number of hydrogen-bond acceptors (Lipinski definition) is 2. The van der Waals surface area contributed by atoms with E-state index in [2.05, 4.69) is 0 Å². The first-order valence-corrected chi connectivity index (χ1v) is 4.35. The molecule has 0 aromatic heterocycles. The Morgan fingerprint density at radius 3 is 2.91 bits per heavy atom. The topological polar surface area (TPSA) is 40.1 Å². The van der Waals surface area contributed by atoms with Crippen LogP contribution in [0.25, 0.3) is 0 Å². The van der Waals surface area contributed by atoms with Gasteiger partial charge in [0.15, 0.2) is 0 Å². The third-order valence-electron chi connectivity index (χ3n) is 1.62. The zero-order valence-electron chi connectivity index (χ0n) is 6.04. The summed E-state index contributed by atoms with van der Waals surface area (Å²) in [5, 5.41) is 0. The van der Waals surface area contributed by atoms with Crippen LogP contribution in [-0.4, -0.2) is 8.76 Å². The van der Waals surface area contributed by atoms with E-state index in [0.29, 0.717) is 6.42 Å². The molecule has 0 saturated carbocycles. The summed E-state index contributed by atoms with van der Waals surface area (Å²) in [5.74, 6) is -0.546. The van der Waals surface area contributed by atoms with Crippen molar-refractivity contribution in [1.82, 2.24) is 0 Å². The van der Waals surface area contributed by atoms with Crippen LogP contribution in [0.1, 0.15) is 13.3 Å². The summed E-state index contributed by atoms with van der Waals surface area (Å²) in [6.07, 6.45) is 2.92. The highest BCUT2D eigenvalue weighted by Gasteiger charge is 2.13. The van der Waals surface area contributed by atoms with Gasteiger partial charge in [0.1, 0.15) is 5.83 Å². The molecule has 0 amide bonds. The first-order valence-electron chi connectivity index (χ1n) is 3.27. The summed E-state index contributed by atoms with van der Waals surface area (Å²) >= 11 is -2.27. The minimum absolute atomic E-state index is 0.0900. The van der Waals surface area contributed by atoms with Gasteiger partial charge < -0.3 is 4.55 Å². The van der Waals surface area contributed by atoms with E-state index in [1.165, 1.54) is 6.08 Å². The van der Waals surface area contributed by atoms with Gasteiger partial charge in [0.05, 0.1) is 0 Å². The molecule has 0 heterocycles. The van der Waals surface area contributed by atoms with Gasteiger partial charge in [0.2, 0.25) is 0 Å². The van der Waals surface area contributed by atoms with Gasteiger partial charge in [0.25, 0.3) is 0 Å². The Kier molecular flexibility index (Phi) is 2.57. The van der Waals surface area contributed by atoms with Gasteiger partial charge in [-0.05, 0) is 35.6 Å². The summed E-state index contributed by atoms with van der Waals surface area (Å²) in [4.78, 5) is 0.157. The molecule has 1 rings (SSSR count). The Bertz CT molecular complexity index is 245. The minimum Gasteiger partial charge on any atom is -0.769 e. The summed E-state index contributed by atoms with van der Waals surface area (Å²) in [6, 6.07) is 0. The zero-order valence-corrected chi connectivity index (χ0v) is 6.86. The average molecular weight is 175 g/mol. The number of allylic oxidation sites excluding steroid dienone is 4. The predicted octanol–water partition coefficient (Wildman–Crippen LogP) is 1.64. The zero-order chi connectivity index (χ0) is 8.43. The maximum absolute atomic E-state index is 12.5. The summed E-state index contributed by atoms with van der Waals surface area (Å²) in [7, 11) is 0. The molecule has 0 radical (unpaired) electrons. The molecule has 0 fully saturated rings. The first kappa shape index (κ1) is 8.62. The number of hydrogen-bond donors (Lipinski definition) is 0. The molecule has 62 valence electrons. The van der Waals surface area contributed by atoms with Gasteiger partial charge in [-0.25, -0.2) is 4.39 Å². The summed E-state index contributed by atoms with van der Waals surface area (Å²) in [6.45, 7) is 1.75. The fourth-order valence-corrected chi connectivity index (χ4v) is 1.59. The molecule has 0 saturated heterocycles. The first-order chi connectivity index (χ1) is 5.11. The molecule has 4 heteroatoms. The van der Waals surface area contributed by atoms with Gasteiger partial charge in [-0.15, -0.1) is 0 Å². The van der Waals surface area contributed by atoms with Gasteiger partial charge in [-0.3, -0.25) is 4.21 Å². The molecule has 0 bridgehead atoms. The van der Waals surface area contributed by atoms with E-state index in [0.717, 1.165) is 6.08 Å². The van der Waals surface area contributed by atoms with Crippen molar-refractivity contribution in [2.45, 2.75) is 13.3 Å². The van der Waals surface area contributed by atoms with E-state index in [-0.39, 0.29) is 10.8 Å². The molecular formula is C7H8FO2S-. The maximum Gasteiger partial charge on any atom is 0.120 e. The normalized spacial score (nSPS) is 27.4. The van der Waals surface area contributed by atoms with Crippen LogP contribution in [0.2, 0.25) is 0 Å². The van der Waals surface area contributed by atoms with E-state index in [9.17, 15) is 13.2 Å². The van der Waals surface area contributed by atoms with Crippen LogP contribution < -0.4 is 0 Å². The Balaban J connectivity index is 2.90. The smallest absolute Gasteiger partial charge is 0.120 e. The second kappa shape index (κ2) is 3.28. The molecule has 2 nitrogen and oxygen atoms in total. The molecular weight excluding hydrogens is 167 g/mol. The molecule has 0 aromatic rings. The molecule has 0 N–H and O–H groups in total. The third-order valence-corrected chi connectivity index (χ3v) is 2.53. The molecule has 0 aliphatic heterocycles.